The fourth-order valence-corrected chi connectivity index (χ4v) is 3.91. The van der Waals surface area contributed by atoms with E-state index in [-0.39, 0.29) is 10.8 Å². The van der Waals surface area contributed by atoms with Crippen LogP contribution in [0, 0.1) is 0 Å². The molecule has 3 N–H and O–H groups in total. The Hall–Kier alpha value is -2.22. The van der Waals surface area contributed by atoms with E-state index < -0.39 is 21.5 Å². The highest BCUT2D eigenvalue weighted by Crippen LogP contribution is 2.31. The van der Waals surface area contributed by atoms with Gasteiger partial charge in [0.2, 0.25) is 0 Å². The molecule has 2 aromatic carbocycles. The number of aliphatic hydroxyl groups is 1. The Labute approximate surface area is 153 Å². The van der Waals surface area contributed by atoms with E-state index in [1.165, 1.54) is 24.3 Å². The zero-order valence-electron chi connectivity index (χ0n) is 14.5. The van der Waals surface area contributed by atoms with Gasteiger partial charge in [-0.1, -0.05) is 30.3 Å². The van der Waals surface area contributed by atoms with E-state index in [1.54, 1.807) is 0 Å². The van der Waals surface area contributed by atoms with Crippen LogP contribution in [0.2, 0.25) is 0 Å². The molecule has 1 amide bonds. The third-order valence-corrected chi connectivity index (χ3v) is 5.90. The molecule has 26 heavy (non-hydrogen) atoms. The summed E-state index contributed by atoms with van der Waals surface area (Å²) in [5.41, 5.74) is 0.299. The first kappa shape index (κ1) is 18.6. The number of nitrogens with one attached hydrogen (secondary N) is 2. The van der Waals surface area contributed by atoms with Crippen LogP contribution in [-0.2, 0) is 15.4 Å². The number of aliphatic hydroxyl groups excluding tert-OH is 1. The molecule has 1 saturated heterocycles. The van der Waals surface area contributed by atoms with Gasteiger partial charge in [-0.25, -0.2) is 8.42 Å². The molecule has 6 nitrogen and oxygen atoms in total. The first-order valence-electron chi connectivity index (χ1n) is 8.40. The van der Waals surface area contributed by atoms with Crippen molar-refractivity contribution in [2.24, 2.45) is 0 Å². The van der Waals surface area contributed by atoms with Gasteiger partial charge in [-0.3, -0.25) is 4.79 Å². The number of carbonyl (C=O) groups excluding carboxylic acids is 1. The van der Waals surface area contributed by atoms with Gasteiger partial charge < -0.3 is 15.7 Å². The average molecular weight is 374 g/mol. The van der Waals surface area contributed by atoms with Crippen LogP contribution in [0.1, 0.15) is 22.3 Å². The summed E-state index contributed by atoms with van der Waals surface area (Å²) in [7, 11) is -3.32. The fourth-order valence-electron chi connectivity index (χ4n) is 3.28. The van der Waals surface area contributed by atoms with Crippen molar-refractivity contribution in [2.45, 2.75) is 23.0 Å². The number of amides is 1. The summed E-state index contributed by atoms with van der Waals surface area (Å²) in [6.45, 7) is 1.04. The smallest absolute Gasteiger partial charge is 0.252 e. The maximum atomic E-state index is 12.8. The van der Waals surface area contributed by atoms with Crippen LogP contribution < -0.4 is 10.6 Å². The zero-order chi connectivity index (χ0) is 18.8. The minimum absolute atomic E-state index is 0.161. The Morgan fingerprint density at radius 3 is 2.38 bits per heavy atom. The quantitative estimate of drug-likeness (QED) is 0.744. The normalized spacial score (nSPS) is 23.4. The van der Waals surface area contributed by atoms with Crippen molar-refractivity contribution in [1.29, 1.82) is 0 Å². The Kier molecular flexibility index (Phi) is 5.13. The number of sulfone groups is 1. The number of rotatable bonds is 4. The van der Waals surface area contributed by atoms with Crippen LogP contribution in [-0.4, -0.2) is 44.9 Å². The van der Waals surface area contributed by atoms with Gasteiger partial charge in [0.05, 0.1) is 16.5 Å². The number of β-amino-alcohol motifs (C(OH)–C–C–N with tert-alkyl or cyclic N) is 1. The molecule has 1 heterocycles. The highest BCUT2D eigenvalue weighted by molar-refractivity contribution is 7.90. The molecule has 3 rings (SSSR count). The predicted molar refractivity (Wildman–Crippen MR) is 98.6 cm³/mol. The second kappa shape index (κ2) is 7.19. The number of hydrogen-bond acceptors (Lipinski definition) is 5. The number of benzene rings is 2. The lowest BCUT2D eigenvalue weighted by Crippen LogP contribution is -2.61. The van der Waals surface area contributed by atoms with E-state index in [4.69, 9.17) is 0 Å². The molecule has 0 spiro atoms. The summed E-state index contributed by atoms with van der Waals surface area (Å²) >= 11 is 0. The summed E-state index contributed by atoms with van der Waals surface area (Å²) in [5.74, 6) is -0.352. The first-order chi connectivity index (χ1) is 12.3. The Morgan fingerprint density at radius 2 is 1.81 bits per heavy atom. The Morgan fingerprint density at radius 1 is 1.15 bits per heavy atom. The predicted octanol–water partition coefficient (Wildman–Crippen LogP) is 1.07. The third-order valence-electron chi connectivity index (χ3n) is 4.77. The molecule has 1 aliphatic heterocycles. The van der Waals surface area contributed by atoms with Crippen molar-refractivity contribution in [2.75, 3.05) is 19.3 Å². The lowest BCUT2D eigenvalue weighted by atomic mass is 9.79. The second-order valence-corrected chi connectivity index (χ2v) is 8.57. The van der Waals surface area contributed by atoms with Gasteiger partial charge in [0.15, 0.2) is 9.84 Å². The molecule has 0 bridgehead atoms. The van der Waals surface area contributed by atoms with Gasteiger partial charge >= 0.3 is 0 Å². The fraction of sp³-hybridized carbons (Fsp3) is 0.316. The van der Waals surface area contributed by atoms with Crippen LogP contribution in [0.5, 0.6) is 0 Å². The zero-order valence-corrected chi connectivity index (χ0v) is 15.3. The van der Waals surface area contributed by atoms with Crippen molar-refractivity contribution >= 4 is 15.7 Å². The molecule has 1 aliphatic rings. The van der Waals surface area contributed by atoms with Gasteiger partial charge in [-0.15, -0.1) is 0 Å². The summed E-state index contributed by atoms with van der Waals surface area (Å²) in [6, 6.07) is 15.2. The number of hydrogen-bond donors (Lipinski definition) is 3. The van der Waals surface area contributed by atoms with Crippen molar-refractivity contribution < 1.29 is 18.3 Å². The molecular formula is C19H22N2O4S. The molecule has 2 atom stereocenters. The lowest BCUT2D eigenvalue weighted by molar-refractivity contribution is 0.0289. The summed E-state index contributed by atoms with van der Waals surface area (Å²) < 4.78 is 23.1. The topological polar surface area (TPSA) is 95.5 Å². The molecule has 0 aromatic heterocycles. The van der Waals surface area contributed by atoms with Crippen LogP contribution in [0.25, 0.3) is 0 Å². The van der Waals surface area contributed by atoms with Crippen LogP contribution >= 0.6 is 0 Å². The van der Waals surface area contributed by atoms with E-state index in [2.05, 4.69) is 10.6 Å². The molecule has 7 heteroatoms. The minimum Gasteiger partial charge on any atom is -0.389 e. The Bertz CT molecular complexity index is 882. The molecular weight excluding hydrogens is 352 g/mol. The Balaban J connectivity index is 1.91. The third kappa shape index (κ3) is 3.65. The van der Waals surface area contributed by atoms with Gasteiger partial charge in [-0.2, -0.15) is 0 Å². The van der Waals surface area contributed by atoms with Gasteiger partial charge in [0, 0.05) is 18.4 Å². The molecule has 2 aromatic rings. The molecule has 0 radical (unpaired) electrons. The summed E-state index contributed by atoms with van der Waals surface area (Å²) in [4.78, 5) is 13.0. The summed E-state index contributed by atoms with van der Waals surface area (Å²) in [5, 5.41) is 16.8. The molecule has 0 unspecified atom stereocenters. The minimum atomic E-state index is -3.32. The molecule has 0 aliphatic carbocycles. The summed E-state index contributed by atoms with van der Waals surface area (Å²) in [6.07, 6.45) is 0.890. The SMILES string of the molecule is CS(=O)(=O)c1ccc(C(=O)N[C@@]2(c3ccccc3)CCNC[C@H]2O)cc1. The van der Waals surface area contributed by atoms with E-state index in [0.29, 0.717) is 25.1 Å². The number of carbonyl (C=O) groups is 1. The highest BCUT2D eigenvalue weighted by atomic mass is 32.2. The van der Waals surface area contributed by atoms with Crippen molar-refractivity contribution in [1.82, 2.24) is 10.6 Å². The molecule has 1 fully saturated rings. The van der Waals surface area contributed by atoms with E-state index in [0.717, 1.165) is 11.8 Å². The van der Waals surface area contributed by atoms with Crippen molar-refractivity contribution in [3.05, 3.63) is 65.7 Å². The van der Waals surface area contributed by atoms with E-state index >= 15 is 0 Å². The van der Waals surface area contributed by atoms with Crippen LogP contribution in [0.3, 0.4) is 0 Å². The maximum absolute atomic E-state index is 12.8. The largest absolute Gasteiger partial charge is 0.389 e. The highest BCUT2D eigenvalue weighted by Gasteiger charge is 2.42. The molecule has 138 valence electrons. The van der Waals surface area contributed by atoms with Gasteiger partial charge in [0.1, 0.15) is 0 Å². The first-order valence-corrected chi connectivity index (χ1v) is 10.3. The van der Waals surface area contributed by atoms with Crippen LogP contribution in [0.4, 0.5) is 0 Å². The van der Waals surface area contributed by atoms with E-state index in [9.17, 15) is 18.3 Å². The van der Waals surface area contributed by atoms with Crippen LogP contribution in [0.15, 0.2) is 59.5 Å². The monoisotopic (exact) mass is 374 g/mol. The lowest BCUT2D eigenvalue weighted by Gasteiger charge is -2.43. The second-order valence-electron chi connectivity index (χ2n) is 6.56. The van der Waals surface area contributed by atoms with Crippen molar-refractivity contribution in [3.63, 3.8) is 0 Å². The number of piperidine rings is 1. The van der Waals surface area contributed by atoms with Gasteiger partial charge in [0.25, 0.3) is 5.91 Å². The van der Waals surface area contributed by atoms with Crippen molar-refractivity contribution in [3.8, 4) is 0 Å². The molecule has 0 saturated carbocycles. The van der Waals surface area contributed by atoms with Gasteiger partial charge in [-0.05, 0) is 42.8 Å². The maximum Gasteiger partial charge on any atom is 0.252 e. The average Bonchev–Trinajstić information content (AvgIpc) is 2.64. The standard InChI is InChI=1S/C19H22N2O4S/c1-26(24,25)16-9-7-14(8-10-16)18(23)21-19(11-12-20-13-17(19)22)15-5-3-2-4-6-15/h2-10,17,20,22H,11-13H2,1H3,(H,21,23)/t17-,19-/m1/s1. The van der Waals surface area contributed by atoms with E-state index in [1.807, 2.05) is 30.3 Å².